The molecule has 0 aromatic heterocycles. The number of alkyl halides is 3. The Balaban J connectivity index is -0.000000276. The standard InChI is InChI=1S/C14H27Cl3O.Na.H2O4S.H/c1-2-3-4-5-6-7-8-9-10-11-12(18)13(15)14(16)17;;1-5(2,3)4;/h12-14,18H,2-11H2,1H3;;(H2,1,2,3,4);/q;+1;;-1. The molecule has 0 heterocycles. The van der Waals surface area contributed by atoms with Crippen LogP contribution in [0.5, 0.6) is 0 Å². The first-order chi connectivity index (χ1) is 10.6. The van der Waals surface area contributed by atoms with Crippen molar-refractivity contribution in [1.29, 1.82) is 0 Å². The van der Waals surface area contributed by atoms with E-state index >= 15 is 0 Å². The minimum absolute atomic E-state index is 0. The number of unbranched alkanes of at least 4 members (excludes halogenated alkanes) is 8. The molecule has 0 radical (unpaired) electrons. The van der Waals surface area contributed by atoms with Crippen LogP contribution in [0.1, 0.15) is 72.6 Å². The van der Waals surface area contributed by atoms with E-state index < -0.39 is 26.7 Å². The van der Waals surface area contributed by atoms with Gasteiger partial charge in [0, 0.05) is 0 Å². The Labute approximate surface area is 185 Å². The molecule has 0 saturated carbocycles. The Bertz CT molecular complexity index is 356. The first-order valence-electron chi connectivity index (χ1n) is 7.89. The Morgan fingerprint density at radius 2 is 1.21 bits per heavy atom. The van der Waals surface area contributed by atoms with Crippen molar-refractivity contribution >= 4 is 45.2 Å². The number of rotatable bonds is 12. The van der Waals surface area contributed by atoms with Gasteiger partial charge in [0.15, 0.2) is 0 Å². The molecule has 144 valence electrons. The second-order valence-electron chi connectivity index (χ2n) is 5.41. The van der Waals surface area contributed by atoms with Gasteiger partial charge in [0.2, 0.25) is 0 Å². The van der Waals surface area contributed by atoms with Crippen molar-refractivity contribution in [3.63, 3.8) is 0 Å². The fraction of sp³-hybridized carbons (Fsp3) is 1.00. The molecule has 0 aliphatic carbocycles. The quantitative estimate of drug-likeness (QED) is 0.187. The molecule has 10 heteroatoms. The molecule has 24 heavy (non-hydrogen) atoms. The second-order valence-corrected chi connectivity index (χ2v) is 7.97. The van der Waals surface area contributed by atoms with Crippen molar-refractivity contribution < 1.29 is 53.6 Å². The molecule has 0 aromatic carbocycles. The summed E-state index contributed by atoms with van der Waals surface area (Å²) in [6.07, 6.45) is 11.6. The first kappa shape index (κ1) is 30.4. The van der Waals surface area contributed by atoms with E-state index in [0.717, 1.165) is 12.8 Å². The van der Waals surface area contributed by atoms with E-state index in [1.165, 1.54) is 44.9 Å². The third kappa shape index (κ3) is 28.5. The van der Waals surface area contributed by atoms with Gasteiger partial charge in [0.05, 0.1) is 11.5 Å². The van der Waals surface area contributed by atoms with Gasteiger partial charge in [-0.25, -0.2) is 0 Å². The summed E-state index contributed by atoms with van der Waals surface area (Å²) in [6, 6.07) is 0. The summed E-state index contributed by atoms with van der Waals surface area (Å²) in [6.45, 7) is 2.24. The average Bonchev–Trinajstić information content (AvgIpc) is 2.42. The molecule has 0 aromatic rings. The van der Waals surface area contributed by atoms with Gasteiger partial charge in [-0.15, -0.1) is 34.8 Å². The fourth-order valence-corrected chi connectivity index (χ4v) is 2.45. The van der Waals surface area contributed by atoms with Crippen molar-refractivity contribution in [2.24, 2.45) is 0 Å². The first-order valence-corrected chi connectivity index (χ1v) is 10.6. The second kappa shape index (κ2) is 19.5. The Kier molecular flexibility index (Phi) is 24.7. The topological polar surface area (TPSA) is 94.8 Å². The number of halogens is 3. The number of aliphatic hydroxyl groups is 1. The summed E-state index contributed by atoms with van der Waals surface area (Å²) in [5, 5.41) is 9.13. The van der Waals surface area contributed by atoms with E-state index in [1.807, 2.05) is 0 Å². The molecular weight excluding hydrogens is 410 g/mol. The van der Waals surface area contributed by atoms with Gasteiger partial charge in [-0.05, 0) is 6.42 Å². The summed E-state index contributed by atoms with van der Waals surface area (Å²) in [4.78, 5) is -0.694. The van der Waals surface area contributed by atoms with Crippen molar-refractivity contribution in [3.8, 4) is 0 Å². The summed E-state index contributed by atoms with van der Waals surface area (Å²) < 4.78 is 31.6. The predicted molar refractivity (Wildman–Crippen MR) is 98.3 cm³/mol. The molecular formula is C14H30Cl3NaO5S. The van der Waals surface area contributed by atoms with E-state index in [0.29, 0.717) is 6.42 Å². The normalized spacial score (nSPS) is 13.7. The molecule has 0 bridgehead atoms. The molecule has 3 N–H and O–H groups in total. The van der Waals surface area contributed by atoms with Gasteiger partial charge in [0.1, 0.15) is 4.84 Å². The fourth-order valence-electron chi connectivity index (χ4n) is 1.99. The van der Waals surface area contributed by atoms with Crippen LogP contribution in [0.2, 0.25) is 0 Å². The Morgan fingerprint density at radius 1 is 0.875 bits per heavy atom. The zero-order valence-corrected chi connectivity index (χ0v) is 19.6. The van der Waals surface area contributed by atoms with Crippen LogP contribution in [0.15, 0.2) is 0 Å². The number of hydrogen-bond acceptors (Lipinski definition) is 3. The van der Waals surface area contributed by atoms with E-state index in [-0.39, 0.29) is 31.0 Å². The van der Waals surface area contributed by atoms with Crippen molar-refractivity contribution in [1.82, 2.24) is 0 Å². The van der Waals surface area contributed by atoms with Crippen LogP contribution in [0, 0.1) is 0 Å². The van der Waals surface area contributed by atoms with Gasteiger partial charge < -0.3 is 6.53 Å². The largest absolute Gasteiger partial charge is 1.00 e. The molecule has 0 spiro atoms. The van der Waals surface area contributed by atoms with Gasteiger partial charge in [-0.2, -0.15) is 8.42 Å². The molecule has 5 nitrogen and oxygen atoms in total. The van der Waals surface area contributed by atoms with Crippen molar-refractivity contribution in [3.05, 3.63) is 0 Å². The van der Waals surface area contributed by atoms with E-state index in [9.17, 15) is 5.11 Å². The molecule has 0 amide bonds. The zero-order chi connectivity index (χ0) is 18.3. The van der Waals surface area contributed by atoms with Crippen LogP contribution in [0.3, 0.4) is 0 Å². The third-order valence-electron chi connectivity index (χ3n) is 3.21. The molecule has 0 fully saturated rings. The van der Waals surface area contributed by atoms with Crippen molar-refractivity contribution in [2.75, 3.05) is 0 Å². The summed E-state index contributed by atoms with van der Waals surface area (Å²) in [5.74, 6) is 0. The van der Waals surface area contributed by atoms with E-state index in [1.54, 1.807) is 0 Å². The maximum absolute atomic E-state index is 9.69. The Hall–Kier alpha value is 1.70. The van der Waals surface area contributed by atoms with Crippen molar-refractivity contribution in [2.45, 2.75) is 87.4 Å². The molecule has 0 aliphatic heterocycles. The molecule has 0 rings (SSSR count). The zero-order valence-electron chi connectivity index (χ0n) is 15.5. The molecule has 2 unspecified atom stereocenters. The van der Waals surface area contributed by atoms with Crippen LogP contribution in [0.25, 0.3) is 0 Å². The predicted octanol–water partition coefficient (Wildman–Crippen LogP) is 2.14. The molecule has 0 aliphatic rings. The monoisotopic (exact) mass is 438 g/mol. The van der Waals surface area contributed by atoms with Gasteiger partial charge in [-0.3, -0.25) is 9.11 Å². The Morgan fingerprint density at radius 3 is 1.54 bits per heavy atom. The van der Waals surface area contributed by atoms with E-state index in [2.05, 4.69) is 6.92 Å². The maximum Gasteiger partial charge on any atom is 1.00 e. The summed E-state index contributed by atoms with van der Waals surface area (Å²) in [5.41, 5.74) is 0. The SMILES string of the molecule is CCCCCCCCCCCC(O)C(Cl)C(Cl)Cl.O=S(=O)(O)O.[H-].[Na+]. The third-order valence-corrected chi connectivity index (χ3v) is 4.56. The van der Waals surface area contributed by atoms with Gasteiger partial charge in [0.25, 0.3) is 0 Å². The summed E-state index contributed by atoms with van der Waals surface area (Å²) >= 11 is 17.1. The maximum atomic E-state index is 9.69. The van der Waals surface area contributed by atoms with Gasteiger partial charge >= 0.3 is 40.0 Å². The van der Waals surface area contributed by atoms with Crippen LogP contribution < -0.4 is 29.6 Å². The minimum atomic E-state index is -4.67. The van der Waals surface area contributed by atoms with Crippen LogP contribution in [0.4, 0.5) is 0 Å². The van der Waals surface area contributed by atoms with E-state index in [4.69, 9.17) is 52.3 Å². The average molecular weight is 440 g/mol. The molecule has 2 atom stereocenters. The summed E-state index contributed by atoms with van der Waals surface area (Å²) in [7, 11) is -4.67. The van der Waals surface area contributed by atoms with Crippen LogP contribution in [-0.2, 0) is 10.4 Å². The van der Waals surface area contributed by atoms with Crippen LogP contribution >= 0.6 is 34.8 Å². The number of aliphatic hydroxyl groups excluding tert-OH is 1. The minimum Gasteiger partial charge on any atom is -1.00 e. The van der Waals surface area contributed by atoms with Crippen LogP contribution in [-0.4, -0.2) is 38.9 Å². The number of hydrogen-bond donors (Lipinski definition) is 3. The van der Waals surface area contributed by atoms with Gasteiger partial charge in [-0.1, -0.05) is 64.7 Å². The smallest absolute Gasteiger partial charge is 1.00 e. The molecule has 0 saturated heterocycles.